The fourth-order valence-corrected chi connectivity index (χ4v) is 10.0. The van der Waals surface area contributed by atoms with Crippen molar-refractivity contribution in [3.05, 3.63) is 124 Å². The normalized spacial score (nSPS) is 22.9. The largest absolute Gasteiger partial charge is 0.309 e. The number of fused-ring (bicyclic) bond motifs is 2. The number of Topliss-reactive ketones (excluding diaryl/α,β-unsaturated/α-hetero) is 1. The Balaban J connectivity index is 0.00000384. The molecule has 2 atom stereocenters. The highest BCUT2D eigenvalue weighted by atomic mass is 31.2. The van der Waals surface area contributed by atoms with E-state index in [-0.39, 0.29) is 36.5 Å². The Morgan fingerprint density at radius 2 is 1.59 bits per heavy atom. The maximum absolute atomic E-state index is 15.3. The van der Waals surface area contributed by atoms with Crippen LogP contribution in [0.5, 0.6) is 0 Å². The molecule has 5 nitrogen and oxygen atoms in total. The van der Waals surface area contributed by atoms with E-state index in [9.17, 15) is 19.2 Å². The van der Waals surface area contributed by atoms with Crippen molar-refractivity contribution >= 4 is 46.5 Å². The summed E-state index contributed by atoms with van der Waals surface area (Å²) in [6.45, 7) is 6.03. The van der Waals surface area contributed by atoms with E-state index in [0.717, 1.165) is 44.3 Å². The molecule has 0 aromatic heterocycles. The molecule has 0 bridgehead atoms. The van der Waals surface area contributed by atoms with E-state index < -0.39 is 13.1 Å². The van der Waals surface area contributed by atoms with Gasteiger partial charge in [-0.15, -0.1) is 0 Å². The summed E-state index contributed by atoms with van der Waals surface area (Å²) in [4.78, 5) is 49.9. The number of allylic oxidation sites excluding steroid dienone is 12. The molecule has 6 rings (SSSR count). The molecular formula is C38H37O5P. The van der Waals surface area contributed by atoms with E-state index in [2.05, 4.69) is 0 Å². The molecular weight excluding hydrogens is 567 g/mol. The van der Waals surface area contributed by atoms with Gasteiger partial charge < -0.3 is 4.57 Å². The molecule has 0 N–H and O–H groups in total. The number of ketones is 4. The lowest BCUT2D eigenvalue weighted by Gasteiger charge is -2.36. The Labute approximate surface area is 259 Å². The molecule has 2 aromatic rings. The van der Waals surface area contributed by atoms with Gasteiger partial charge in [0.15, 0.2) is 24.5 Å². The van der Waals surface area contributed by atoms with Gasteiger partial charge in [-0.1, -0.05) is 67.1 Å². The monoisotopic (exact) mass is 604 g/mol. The molecule has 1 aliphatic heterocycles. The maximum Gasteiger partial charge on any atom is 0.179 e. The lowest BCUT2D eigenvalue weighted by molar-refractivity contribution is -0.127. The standard InChI is InChI=1S/C37H33O5P.CH4/c1-22-12-14-29-34(18-22)43(42,27-8-5-4-6-9-27)35-21-26(38)13-15-30(35)37(29)36-23(2)19-25(20-24(36)3)31(39)11-7-10-28-32(40)16-17-33(28)41;/h4-6,8-9,12-19,21,25,28H,7,10-11,20H2,1-3H3;1H4/t25?,43-;/m0./s1. The summed E-state index contributed by atoms with van der Waals surface area (Å²) in [5.74, 6) is -1.37. The molecule has 1 heterocycles. The van der Waals surface area contributed by atoms with Crippen LogP contribution in [0.25, 0.3) is 5.57 Å². The van der Waals surface area contributed by atoms with Crippen LogP contribution in [0, 0.1) is 18.8 Å². The Morgan fingerprint density at radius 3 is 2.27 bits per heavy atom. The summed E-state index contributed by atoms with van der Waals surface area (Å²) in [6, 6.07) is 15.5. The molecule has 0 fully saturated rings. The van der Waals surface area contributed by atoms with Crippen LogP contribution in [-0.2, 0) is 23.7 Å². The van der Waals surface area contributed by atoms with Gasteiger partial charge in [-0.25, -0.2) is 0 Å². The number of hydrogen-bond donors (Lipinski definition) is 0. The molecule has 0 spiro atoms. The summed E-state index contributed by atoms with van der Waals surface area (Å²) in [7, 11) is -3.36. The fourth-order valence-electron chi connectivity index (χ4n) is 6.87. The van der Waals surface area contributed by atoms with Crippen molar-refractivity contribution in [2.75, 3.05) is 0 Å². The van der Waals surface area contributed by atoms with Crippen LogP contribution < -0.4 is 10.6 Å². The highest BCUT2D eigenvalue weighted by Crippen LogP contribution is 2.62. The zero-order valence-corrected chi connectivity index (χ0v) is 25.4. The average Bonchev–Trinajstić information content (AvgIpc) is 3.31. The minimum Gasteiger partial charge on any atom is -0.309 e. The summed E-state index contributed by atoms with van der Waals surface area (Å²) in [5.41, 5.74) is 6.63. The first kappa shape index (κ1) is 31.2. The molecule has 3 aliphatic carbocycles. The number of carbonyl (C=O) groups is 4. The Morgan fingerprint density at radius 1 is 0.886 bits per heavy atom. The molecule has 2 aromatic carbocycles. The minimum atomic E-state index is -3.36. The van der Waals surface area contributed by atoms with Crippen molar-refractivity contribution in [3.8, 4) is 0 Å². The van der Waals surface area contributed by atoms with Gasteiger partial charge in [-0.05, 0) is 104 Å². The number of aryl methyl sites for hydroxylation is 1. The van der Waals surface area contributed by atoms with Crippen LogP contribution in [0.3, 0.4) is 0 Å². The van der Waals surface area contributed by atoms with Crippen molar-refractivity contribution in [2.45, 2.75) is 53.9 Å². The molecule has 0 radical (unpaired) electrons. The van der Waals surface area contributed by atoms with Crippen molar-refractivity contribution < 1.29 is 23.7 Å². The predicted molar refractivity (Wildman–Crippen MR) is 176 cm³/mol. The van der Waals surface area contributed by atoms with E-state index >= 15 is 4.57 Å². The van der Waals surface area contributed by atoms with Gasteiger partial charge in [-0.2, -0.15) is 0 Å². The molecule has 0 saturated heterocycles. The van der Waals surface area contributed by atoms with Gasteiger partial charge in [0.05, 0.1) is 5.92 Å². The Kier molecular flexibility index (Phi) is 8.55. The molecule has 6 heteroatoms. The predicted octanol–water partition coefficient (Wildman–Crippen LogP) is 7.08. The third-order valence-corrected chi connectivity index (χ3v) is 12.1. The topological polar surface area (TPSA) is 85.3 Å². The summed E-state index contributed by atoms with van der Waals surface area (Å²) >= 11 is 0. The second-order valence-corrected chi connectivity index (χ2v) is 14.6. The van der Waals surface area contributed by atoms with E-state index in [1.54, 1.807) is 6.08 Å². The first-order valence-corrected chi connectivity index (χ1v) is 16.4. The molecule has 44 heavy (non-hydrogen) atoms. The highest BCUT2D eigenvalue weighted by Gasteiger charge is 2.43. The molecule has 224 valence electrons. The van der Waals surface area contributed by atoms with Crippen molar-refractivity contribution in [3.63, 3.8) is 0 Å². The van der Waals surface area contributed by atoms with Gasteiger partial charge >= 0.3 is 0 Å². The first-order valence-electron chi connectivity index (χ1n) is 14.7. The molecule has 1 unspecified atom stereocenters. The molecule has 0 saturated carbocycles. The zero-order valence-electron chi connectivity index (χ0n) is 24.6. The van der Waals surface area contributed by atoms with Crippen LogP contribution in [0.4, 0.5) is 0 Å². The fraction of sp³-hybridized carbons (Fsp3) is 0.263. The number of carbonyl (C=O) groups excluding carboxylic acids is 4. The Hall–Kier alpha value is -4.21. The average molecular weight is 605 g/mol. The van der Waals surface area contributed by atoms with Gasteiger partial charge in [0.25, 0.3) is 0 Å². The van der Waals surface area contributed by atoms with Crippen LogP contribution in [-0.4, -0.2) is 23.1 Å². The SMILES string of the molecule is C.CC1=CC(C(=O)CCCC2C(=O)C=CC2=O)CC(C)=C1C1=C2C=CC(=O)C=C2[P@](=O)(c2ccccc2)c2cc(C)ccc21. The van der Waals surface area contributed by atoms with Crippen molar-refractivity contribution in [2.24, 2.45) is 11.8 Å². The summed E-state index contributed by atoms with van der Waals surface area (Å²) < 4.78 is 15.3. The zero-order chi connectivity index (χ0) is 30.5. The number of rotatable bonds is 7. The van der Waals surface area contributed by atoms with Crippen LogP contribution >= 0.6 is 7.14 Å². The van der Waals surface area contributed by atoms with E-state index in [1.807, 2.05) is 75.4 Å². The summed E-state index contributed by atoms with van der Waals surface area (Å²) in [6.07, 6.45) is 11.3. The third-order valence-electron chi connectivity index (χ3n) is 8.94. The van der Waals surface area contributed by atoms with Crippen LogP contribution in [0.2, 0.25) is 0 Å². The quantitative estimate of drug-likeness (QED) is 0.249. The molecule has 0 amide bonds. The number of benzene rings is 2. The second-order valence-electron chi connectivity index (χ2n) is 11.9. The minimum absolute atomic E-state index is 0. The lowest BCUT2D eigenvalue weighted by atomic mass is 9.76. The number of hydrogen-bond acceptors (Lipinski definition) is 5. The van der Waals surface area contributed by atoms with E-state index in [1.165, 1.54) is 24.3 Å². The smallest absolute Gasteiger partial charge is 0.179 e. The van der Waals surface area contributed by atoms with Crippen LogP contribution in [0.15, 0.2) is 113 Å². The third kappa shape index (κ3) is 5.24. The lowest BCUT2D eigenvalue weighted by Crippen LogP contribution is -2.28. The van der Waals surface area contributed by atoms with E-state index in [4.69, 9.17) is 0 Å². The van der Waals surface area contributed by atoms with Gasteiger partial charge in [0.1, 0.15) is 5.78 Å². The van der Waals surface area contributed by atoms with Gasteiger partial charge in [-0.3, -0.25) is 19.2 Å². The van der Waals surface area contributed by atoms with Gasteiger partial charge in [0.2, 0.25) is 0 Å². The van der Waals surface area contributed by atoms with Crippen molar-refractivity contribution in [1.82, 2.24) is 0 Å². The van der Waals surface area contributed by atoms with Gasteiger partial charge in [0, 0.05) is 28.3 Å². The molecule has 4 aliphatic rings. The maximum atomic E-state index is 15.3. The van der Waals surface area contributed by atoms with Crippen LogP contribution in [0.1, 0.15) is 58.1 Å². The highest BCUT2D eigenvalue weighted by molar-refractivity contribution is 7.83. The van der Waals surface area contributed by atoms with E-state index in [0.29, 0.717) is 36.3 Å². The Bertz CT molecular complexity index is 1830. The second kappa shape index (κ2) is 12.1. The first-order chi connectivity index (χ1) is 20.6. The van der Waals surface area contributed by atoms with Crippen molar-refractivity contribution in [1.29, 1.82) is 0 Å². The summed E-state index contributed by atoms with van der Waals surface area (Å²) in [5, 5.41) is 1.97.